The molecule has 134 valence electrons. The second-order valence-corrected chi connectivity index (χ2v) is 6.45. The van der Waals surface area contributed by atoms with Crippen molar-refractivity contribution < 1.29 is 13.9 Å². The Morgan fingerprint density at radius 2 is 1.96 bits per heavy atom. The van der Waals surface area contributed by atoms with Crippen molar-refractivity contribution in [2.75, 3.05) is 14.2 Å². The smallest absolute Gasteiger partial charge is 0.216 e. The second-order valence-electron chi connectivity index (χ2n) is 5.14. The molecule has 0 saturated heterocycles. The summed E-state index contributed by atoms with van der Waals surface area (Å²) in [6.45, 7) is 0. The van der Waals surface area contributed by atoms with Crippen molar-refractivity contribution in [2.24, 2.45) is 5.10 Å². The van der Waals surface area contributed by atoms with Crippen molar-refractivity contribution in [3.05, 3.63) is 57.0 Å². The van der Waals surface area contributed by atoms with Crippen LogP contribution in [0.25, 0.3) is 11.4 Å². The van der Waals surface area contributed by atoms with Crippen LogP contribution in [-0.4, -0.2) is 35.3 Å². The molecule has 0 radical (unpaired) electrons. The van der Waals surface area contributed by atoms with E-state index in [1.807, 2.05) is 0 Å². The van der Waals surface area contributed by atoms with Crippen LogP contribution in [0.15, 0.2) is 46.0 Å². The molecule has 0 amide bonds. The summed E-state index contributed by atoms with van der Waals surface area (Å²) in [6.07, 6.45) is 1.38. The Balaban J connectivity index is 2.04. The molecule has 0 spiro atoms. The molecule has 0 fully saturated rings. The van der Waals surface area contributed by atoms with Crippen molar-refractivity contribution in [3.8, 4) is 22.9 Å². The fourth-order valence-corrected chi connectivity index (χ4v) is 2.85. The molecule has 1 aromatic heterocycles. The van der Waals surface area contributed by atoms with Gasteiger partial charge in [0, 0.05) is 15.6 Å². The third-order valence-corrected chi connectivity index (χ3v) is 4.32. The van der Waals surface area contributed by atoms with Crippen molar-refractivity contribution in [1.29, 1.82) is 0 Å². The summed E-state index contributed by atoms with van der Waals surface area (Å²) in [5, 5.41) is 11.2. The van der Waals surface area contributed by atoms with Crippen LogP contribution in [0.2, 0.25) is 0 Å². The Kier molecular flexibility index (Phi) is 5.48. The van der Waals surface area contributed by atoms with E-state index >= 15 is 0 Å². The number of benzene rings is 2. The van der Waals surface area contributed by atoms with E-state index in [-0.39, 0.29) is 10.6 Å². The van der Waals surface area contributed by atoms with Crippen LogP contribution in [0.5, 0.6) is 11.5 Å². The van der Waals surface area contributed by atoms with Crippen LogP contribution in [0.1, 0.15) is 5.56 Å². The molecular weight excluding hydrogens is 423 g/mol. The number of hydrogen-bond acceptors (Lipinski definition) is 5. The first kappa shape index (κ1) is 18.3. The van der Waals surface area contributed by atoms with Gasteiger partial charge < -0.3 is 9.47 Å². The molecule has 26 heavy (non-hydrogen) atoms. The molecule has 3 rings (SSSR count). The Labute approximate surface area is 162 Å². The highest BCUT2D eigenvalue weighted by Crippen LogP contribution is 2.31. The fourth-order valence-electron chi connectivity index (χ4n) is 2.29. The van der Waals surface area contributed by atoms with Gasteiger partial charge in [0.25, 0.3) is 0 Å². The highest BCUT2D eigenvalue weighted by molar-refractivity contribution is 9.10. The van der Waals surface area contributed by atoms with E-state index < -0.39 is 0 Å². The molecule has 0 unspecified atom stereocenters. The van der Waals surface area contributed by atoms with E-state index in [0.29, 0.717) is 28.5 Å². The minimum absolute atomic E-state index is 0.279. The minimum atomic E-state index is -0.389. The summed E-state index contributed by atoms with van der Waals surface area (Å²) >= 11 is 8.54. The van der Waals surface area contributed by atoms with Crippen LogP contribution in [0.3, 0.4) is 0 Å². The number of halogens is 2. The van der Waals surface area contributed by atoms with Crippen molar-refractivity contribution in [3.63, 3.8) is 0 Å². The number of rotatable bonds is 5. The molecule has 0 aliphatic rings. The fraction of sp³-hybridized carbons (Fsp3) is 0.118. The molecule has 3 aromatic rings. The van der Waals surface area contributed by atoms with Crippen LogP contribution < -0.4 is 9.47 Å². The van der Waals surface area contributed by atoms with Crippen molar-refractivity contribution >= 4 is 34.4 Å². The minimum Gasteiger partial charge on any atom is -0.493 e. The number of nitrogens with one attached hydrogen (secondary N) is 1. The molecule has 0 aliphatic carbocycles. The average Bonchev–Trinajstić information content (AvgIpc) is 3.02. The Morgan fingerprint density at radius 1 is 1.19 bits per heavy atom. The molecule has 0 saturated carbocycles. The predicted octanol–water partition coefficient (Wildman–Crippen LogP) is 4.41. The topological polar surface area (TPSA) is 64.4 Å². The van der Waals surface area contributed by atoms with E-state index in [9.17, 15) is 4.39 Å². The first-order valence-electron chi connectivity index (χ1n) is 7.42. The van der Waals surface area contributed by atoms with Crippen LogP contribution in [-0.2, 0) is 0 Å². The van der Waals surface area contributed by atoms with Gasteiger partial charge in [-0.25, -0.2) is 9.49 Å². The number of ether oxygens (including phenoxy) is 2. The van der Waals surface area contributed by atoms with Crippen LogP contribution >= 0.6 is 28.1 Å². The summed E-state index contributed by atoms with van der Waals surface area (Å²) in [7, 11) is 3.11. The zero-order chi connectivity index (χ0) is 18.7. The normalized spacial score (nSPS) is 11.1. The summed E-state index contributed by atoms with van der Waals surface area (Å²) in [5.41, 5.74) is 1.03. The quantitative estimate of drug-likeness (QED) is 0.475. The molecule has 2 aromatic carbocycles. The SMILES string of the molecule is COc1ccc(-c2n[nH]c(=S)n2/N=C\c2cc(Br)ccc2F)cc1OC. The number of nitrogens with zero attached hydrogens (tertiary/aromatic N) is 3. The Morgan fingerprint density at radius 3 is 2.69 bits per heavy atom. The van der Waals surface area contributed by atoms with Gasteiger partial charge in [-0.1, -0.05) is 15.9 Å². The molecule has 0 aliphatic heterocycles. The van der Waals surface area contributed by atoms with E-state index in [0.717, 1.165) is 4.47 Å². The highest BCUT2D eigenvalue weighted by Gasteiger charge is 2.12. The highest BCUT2D eigenvalue weighted by atomic mass is 79.9. The van der Waals surface area contributed by atoms with Crippen molar-refractivity contribution in [1.82, 2.24) is 14.9 Å². The van der Waals surface area contributed by atoms with Gasteiger partial charge in [-0.3, -0.25) is 0 Å². The second kappa shape index (κ2) is 7.79. The lowest BCUT2D eigenvalue weighted by Gasteiger charge is -2.09. The van der Waals surface area contributed by atoms with Gasteiger partial charge in [-0.2, -0.15) is 14.9 Å². The summed E-state index contributed by atoms with van der Waals surface area (Å²) < 4.78 is 26.9. The zero-order valence-corrected chi connectivity index (χ0v) is 16.3. The predicted molar refractivity (Wildman–Crippen MR) is 103 cm³/mol. The molecular formula is C17H14BrFN4O2S. The lowest BCUT2D eigenvalue weighted by atomic mass is 10.2. The number of H-pyrrole nitrogens is 1. The average molecular weight is 437 g/mol. The van der Waals surface area contributed by atoms with Crippen LogP contribution in [0, 0.1) is 10.6 Å². The van der Waals surface area contributed by atoms with E-state index in [1.165, 1.54) is 17.0 Å². The van der Waals surface area contributed by atoms with E-state index in [1.54, 1.807) is 44.6 Å². The lowest BCUT2D eigenvalue weighted by Crippen LogP contribution is -1.97. The number of aromatic amines is 1. The standard InChI is InChI=1S/C17H14BrFN4O2S/c1-24-14-6-3-10(8-15(14)25-2)16-21-22-17(26)23(16)20-9-11-7-12(18)4-5-13(11)19/h3-9H,1-2H3,(H,22,26)/b20-9-. The first-order valence-corrected chi connectivity index (χ1v) is 8.63. The summed E-state index contributed by atoms with van der Waals surface area (Å²) in [4.78, 5) is 0. The van der Waals surface area contributed by atoms with Gasteiger partial charge in [0.1, 0.15) is 5.82 Å². The molecule has 1 heterocycles. The van der Waals surface area contributed by atoms with Crippen LogP contribution in [0.4, 0.5) is 4.39 Å². The maximum atomic E-state index is 13.9. The molecule has 9 heteroatoms. The van der Waals surface area contributed by atoms with Gasteiger partial charge in [0.05, 0.1) is 20.4 Å². The summed E-state index contributed by atoms with van der Waals surface area (Å²) in [6, 6.07) is 9.92. The number of hydrogen-bond donors (Lipinski definition) is 1. The molecule has 6 nitrogen and oxygen atoms in total. The third-order valence-electron chi connectivity index (χ3n) is 3.56. The van der Waals surface area contributed by atoms with Gasteiger partial charge in [-0.15, -0.1) is 0 Å². The monoisotopic (exact) mass is 436 g/mol. The van der Waals surface area contributed by atoms with Gasteiger partial charge in [0.2, 0.25) is 4.77 Å². The van der Waals surface area contributed by atoms with E-state index in [4.69, 9.17) is 21.7 Å². The largest absolute Gasteiger partial charge is 0.493 e. The third kappa shape index (κ3) is 3.68. The first-order chi connectivity index (χ1) is 12.5. The number of methoxy groups -OCH3 is 2. The Hall–Kier alpha value is -2.52. The Bertz CT molecular complexity index is 1030. The lowest BCUT2D eigenvalue weighted by molar-refractivity contribution is 0.355. The maximum absolute atomic E-state index is 13.9. The van der Waals surface area contributed by atoms with Gasteiger partial charge in [-0.05, 0) is 48.6 Å². The maximum Gasteiger partial charge on any atom is 0.216 e. The van der Waals surface area contributed by atoms with Gasteiger partial charge in [0.15, 0.2) is 17.3 Å². The number of aromatic nitrogens is 3. The summed E-state index contributed by atoms with van der Waals surface area (Å²) in [5.74, 6) is 1.21. The van der Waals surface area contributed by atoms with Crippen molar-refractivity contribution in [2.45, 2.75) is 0 Å². The van der Waals surface area contributed by atoms with E-state index in [2.05, 4.69) is 31.2 Å². The van der Waals surface area contributed by atoms with Gasteiger partial charge >= 0.3 is 0 Å². The molecule has 0 bridgehead atoms. The zero-order valence-electron chi connectivity index (χ0n) is 13.9. The molecule has 0 atom stereocenters. The molecule has 1 N–H and O–H groups in total.